The standard InChI is InChI=1S/C16H21N3O2/c1-3-4-13(20)10-18-16(21)14-9-12(2)5-6-15(14)19-8-7-17-11-19/h5-9,11,13,20H,3-4,10H2,1-2H3,(H,18,21). The van der Waals surface area contributed by atoms with Gasteiger partial charge in [0.15, 0.2) is 0 Å². The summed E-state index contributed by atoms with van der Waals surface area (Å²) in [6.07, 6.45) is 6.21. The number of carbonyl (C=O) groups excluding carboxylic acids is 1. The predicted molar refractivity (Wildman–Crippen MR) is 81.5 cm³/mol. The number of aryl methyl sites for hydroxylation is 1. The van der Waals surface area contributed by atoms with E-state index >= 15 is 0 Å². The largest absolute Gasteiger partial charge is 0.391 e. The minimum absolute atomic E-state index is 0.183. The zero-order valence-electron chi connectivity index (χ0n) is 12.4. The number of hydrogen-bond acceptors (Lipinski definition) is 3. The second-order valence-electron chi connectivity index (χ2n) is 5.14. The minimum atomic E-state index is -0.500. The van der Waals surface area contributed by atoms with Crippen LogP contribution in [0.5, 0.6) is 0 Å². The lowest BCUT2D eigenvalue weighted by Gasteiger charge is -2.14. The zero-order chi connectivity index (χ0) is 15.2. The first-order chi connectivity index (χ1) is 10.1. The van der Waals surface area contributed by atoms with Crippen molar-refractivity contribution in [3.8, 4) is 5.69 Å². The molecule has 0 saturated heterocycles. The van der Waals surface area contributed by atoms with Gasteiger partial charge in [0.2, 0.25) is 0 Å². The van der Waals surface area contributed by atoms with E-state index in [0.717, 1.165) is 17.7 Å². The van der Waals surface area contributed by atoms with E-state index in [1.807, 2.05) is 32.0 Å². The molecule has 0 aliphatic rings. The first kappa shape index (κ1) is 15.3. The molecule has 2 aromatic rings. The van der Waals surface area contributed by atoms with Crippen LogP contribution in [0.1, 0.15) is 35.7 Å². The Hall–Kier alpha value is -2.14. The van der Waals surface area contributed by atoms with Crippen LogP contribution in [0.25, 0.3) is 5.69 Å². The summed E-state index contributed by atoms with van der Waals surface area (Å²) in [5.41, 5.74) is 2.37. The number of aliphatic hydroxyl groups is 1. The highest BCUT2D eigenvalue weighted by atomic mass is 16.3. The first-order valence-electron chi connectivity index (χ1n) is 7.17. The van der Waals surface area contributed by atoms with Gasteiger partial charge in [-0.05, 0) is 25.5 Å². The van der Waals surface area contributed by atoms with E-state index in [4.69, 9.17) is 0 Å². The fraction of sp³-hybridized carbons (Fsp3) is 0.375. The van der Waals surface area contributed by atoms with Crippen molar-refractivity contribution in [1.29, 1.82) is 0 Å². The third-order valence-electron chi connectivity index (χ3n) is 3.30. The number of aromatic nitrogens is 2. The highest BCUT2D eigenvalue weighted by Crippen LogP contribution is 2.16. The third-order valence-corrected chi connectivity index (χ3v) is 3.30. The van der Waals surface area contributed by atoms with Crippen molar-refractivity contribution in [3.63, 3.8) is 0 Å². The third kappa shape index (κ3) is 3.92. The fourth-order valence-electron chi connectivity index (χ4n) is 2.20. The van der Waals surface area contributed by atoms with Crippen molar-refractivity contribution in [2.75, 3.05) is 6.54 Å². The number of benzene rings is 1. The van der Waals surface area contributed by atoms with Crippen molar-refractivity contribution < 1.29 is 9.90 Å². The molecule has 1 heterocycles. The van der Waals surface area contributed by atoms with E-state index in [-0.39, 0.29) is 12.5 Å². The summed E-state index contributed by atoms with van der Waals surface area (Å²) in [5, 5.41) is 12.5. The quantitative estimate of drug-likeness (QED) is 0.854. The lowest BCUT2D eigenvalue weighted by atomic mass is 10.1. The molecule has 112 valence electrons. The van der Waals surface area contributed by atoms with Crippen LogP contribution in [0, 0.1) is 6.92 Å². The molecule has 1 aromatic carbocycles. The van der Waals surface area contributed by atoms with Gasteiger partial charge in [0.1, 0.15) is 0 Å². The topological polar surface area (TPSA) is 67.2 Å². The van der Waals surface area contributed by atoms with E-state index in [1.54, 1.807) is 23.3 Å². The molecule has 0 fully saturated rings. The molecule has 1 aromatic heterocycles. The molecule has 1 amide bonds. The first-order valence-corrected chi connectivity index (χ1v) is 7.17. The second-order valence-corrected chi connectivity index (χ2v) is 5.14. The zero-order valence-corrected chi connectivity index (χ0v) is 12.4. The summed E-state index contributed by atoms with van der Waals surface area (Å²) in [6.45, 7) is 4.22. The molecule has 0 saturated carbocycles. The van der Waals surface area contributed by atoms with Crippen LogP contribution >= 0.6 is 0 Å². The summed E-state index contributed by atoms with van der Waals surface area (Å²) in [4.78, 5) is 16.4. The van der Waals surface area contributed by atoms with Gasteiger partial charge in [0.25, 0.3) is 5.91 Å². The number of nitrogens with one attached hydrogen (secondary N) is 1. The molecule has 1 unspecified atom stereocenters. The monoisotopic (exact) mass is 287 g/mol. The predicted octanol–water partition coefficient (Wildman–Crippen LogP) is 2.07. The molecule has 0 aliphatic heterocycles. The van der Waals surface area contributed by atoms with Gasteiger partial charge in [-0.1, -0.05) is 25.0 Å². The second kappa shape index (κ2) is 7.04. The number of aliphatic hydroxyl groups excluding tert-OH is 1. The summed E-state index contributed by atoms with van der Waals surface area (Å²) >= 11 is 0. The van der Waals surface area contributed by atoms with Gasteiger partial charge in [0, 0.05) is 18.9 Å². The van der Waals surface area contributed by atoms with E-state index in [1.165, 1.54) is 0 Å². The van der Waals surface area contributed by atoms with Crippen LogP contribution in [-0.2, 0) is 0 Å². The molecule has 1 atom stereocenters. The van der Waals surface area contributed by atoms with Crippen LogP contribution in [0.15, 0.2) is 36.9 Å². The summed E-state index contributed by atoms with van der Waals surface area (Å²) in [5.74, 6) is -0.183. The molecule has 0 radical (unpaired) electrons. The highest BCUT2D eigenvalue weighted by molar-refractivity contribution is 5.98. The molecular formula is C16H21N3O2. The number of carbonyl (C=O) groups is 1. The minimum Gasteiger partial charge on any atom is -0.391 e. The SMILES string of the molecule is CCCC(O)CNC(=O)c1cc(C)ccc1-n1ccnc1. The summed E-state index contributed by atoms with van der Waals surface area (Å²) in [6, 6.07) is 5.70. The Labute approximate surface area is 124 Å². The van der Waals surface area contributed by atoms with Gasteiger partial charge in [-0.2, -0.15) is 0 Å². The highest BCUT2D eigenvalue weighted by Gasteiger charge is 2.14. The Morgan fingerprint density at radius 1 is 1.48 bits per heavy atom. The van der Waals surface area contributed by atoms with Gasteiger partial charge in [-0.3, -0.25) is 4.79 Å². The van der Waals surface area contributed by atoms with Gasteiger partial charge >= 0.3 is 0 Å². The molecule has 5 heteroatoms. The average Bonchev–Trinajstić information content (AvgIpc) is 2.99. The lowest BCUT2D eigenvalue weighted by Crippen LogP contribution is -2.32. The van der Waals surface area contributed by atoms with Crippen LogP contribution in [-0.4, -0.2) is 33.2 Å². The number of amides is 1. The number of imidazole rings is 1. The molecular weight excluding hydrogens is 266 g/mol. The maximum absolute atomic E-state index is 12.4. The fourth-order valence-corrected chi connectivity index (χ4v) is 2.20. The molecule has 0 bridgehead atoms. The van der Waals surface area contributed by atoms with E-state index < -0.39 is 6.10 Å². The van der Waals surface area contributed by atoms with Crippen molar-refractivity contribution in [3.05, 3.63) is 48.0 Å². The van der Waals surface area contributed by atoms with E-state index in [0.29, 0.717) is 12.0 Å². The molecule has 2 N–H and O–H groups in total. The van der Waals surface area contributed by atoms with Crippen LogP contribution < -0.4 is 5.32 Å². The van der Waals surface area contributed by atoms with Crippen LogP contribution in [0.2, 0.25) is 0 Å². The van der Waals surface area contributed by atoms with Crippen molar-refractivity contribution in [1.82, 2.24) is 14.9 Å². The van der Waals surface area contributed by atoms with Crippen LogP contribution in [0.4, 0.5) is 0 Å². The molecule has 5 nitrogen and oxygen atoms in total. The van der Waals surface area contributed by atoms with Crippen molar-refractivity contribution in [2.45, 2.75) is 32.8 Å². The summed E-state index contributed by atoms with van der Waals surface area (Å²) in [7, 11) is 0. The maximum Gasteiger partial charge on any atom is 0.253 e. The Morgan fingerprint density at radius 2 is 2.29 bits per heavy atom. The van der Waals surface area contributed by atoms with E-state index in [2.05, 4.69) is 10.3 Å². The molecule has 2 rings (SSSR count). The summed E-state index contributed by atoms with van der Waals surface area (Å²) < 4.78 is 1.80. The Morgan fingerprint density at radius 3 is 2.95 bits per heavy atom. The number of hydrogen-bond donors (Lipinski definition) is 2. The van der Waals surface area contributed by atoms with Crippen LogP contribution in [0.3, 0.4) is 0 Å². The van der Waals surface area contributed by atoms with Crippen molar-refractivity contribution in [2.24, 2.45) is 0 Å². The van der Waals surface area contributed by atoms with Gasteiger partial charge in [-0.15, -0.1) is 0 Å². The average molecular weight is 287 g/mol. The Bertz CT molecular complexity index is 594. The van der Waals surface area contributed by atoms with E-state index in [9.17, 15) is 9.90 Å². The smallest absolute Gasteiger partial charge is 0.253 e. The number of nitrogens with zero attached hydrogens (tertiary/aromatic N) is 2. The van der Waals surface area contributed by atoms with Gasteiger partial charge in [-0.25, -0.2) is 4.98 Å². The molecule has 21 heavy (non-hydrogen) atoms. The maximum atomic E-state index is 12.4. The number of rotatable bonds is 6. The Balaban J connectivity index is 2.18. The normalized spacial score (nSPS) is 12.1. The van der Waals surface area contributed by atoms with Crippen molar-refractivity contribution >= 4 is 5.91 Å². The van der Waals surface area contributed by atoms with Gasteiger partial charge in [0.05, 0.1) is 23.7 Å². The molecule has 0 aliphatic carbocycles. The lowest BCUT2D eigenvalue weighted by molar-refractivity contribution is 0.0910. The Kier molecular flexibility index (Phi) is 5.11. The van der Waals surface area contributed by atoms with Gasteiger partial charge < -0.3 is 15.0 Å². The molecule has 0 spiro atoms.